The highest BCUT2D eigenvalue weighted by Crippen LogP contribution is 2.31. The Hall–Kier alpha value is -2.47. The van der Waals surface area contributed by atoms with Crippen molar-refractivity contribution in [2.45, 2.75) is 13.8 Å². The number of fused-ring (bicyclic) bond motifs is 1. The Kier molecular flexibility index (Phi) is 4.00. The first-order chi connectivity index (χ1) is 11.0. The maximum atomic E-state index is 12.7. The van der Waals surface area contributed by atoms with Gasteiger partial charge in [-0.25, -0.2) is 9.97 Å². The molecular formula is C17H15N3O2S. The monoisotopic (exact) mass is 325 g/mol. The molecule has 1 aromatic heterocycles. The predicted octanol–water partition coefficient (Wildman–Crippen LogP) is 3.16. The number of Topliss-reactive ketones (excluding diaryl/α,β-unsaturated/α-hetero) is 2. The van der Waals surface area contributed by atoms with Crippen molar-refractivity contribution in [2.75, 3.05) is 11.6 Å². The number of thioether (sulfide) groups is 1. The molecular weight excluding hydrogens is 310 g/mol. The molecule has 1 N–H and O–H groups in total. The van der Waals surface area contributed by atoms with E-state index in [4.69, 9.17) is 0 Å². The molecule has 3 rings (SSSR count). The van der Waals surface area contributed by atoms with Crippen LogP contribution in [0.4, 0.5) is 5.69 Å². The summed E-state index contributed by atoms with van der Waals surface area (Å²) in [4.78, 5) is 33.5. The quantitative estimate of drug-likeness (QED) is 0.934. The van der Waals surface area contributed by atoms with Crippen LogP contribution in [0.3, 0.4) is 0 Å². The van der Waals surface area contributed by atoms with Crippen LogP contribution in [0, 0.1) is 13.8 Å². The number of anilines is 1. The molecule has 0 saturated carbocycles. The van der Waals surface area contributed by atoms with Gasteiger partial charge in [0, 0.05) is 11.9 Å². The lowest BCUT2D eigenvalue weighted by molar-refractivity contribution is 0.0978. The Labute approximate surface area is 138 Å². The lowest BCUT2D eigenvalue weighted by Gasteiger charge is -2.20. The SMILES string of the molecule is CSC1=C(Nc2ccc(C)cc2C)C(=O)c2cncnc2C1=O. The standard InChI is InChI=1S/C17H15N3O2S/c1-9-4-5-12(10(2)6-9)20-14-15(21)11-7-18-8-19-13(11)16(22)17(14)23-3/h4-8,20H,1-3H3. The Balaban J connectivity index is 2.09. The van der Waals surface area contributed by atoms with Gasteiger partial charge in [0.05, 0.1) is 10.5 Å². The fourth-order valence-electron chi connectivity index (χ4n) is 2.53. The third kappa shape index (κ3) is 2.66. The number of aromatic nitrogens is 2. The van der Waals surface area contributed by atoms with Gasteiger partial charge < -0.3 is 5.32 Å². The van der Waals surface area contributed by atoms with Crippen LogP contribution in [-0.4, -0.2) is 27.8 Å². The molecule has 6 heteroatoms. The second-order valence-electron chi connectivity index (χ2n) is 5.29. The van der Waals surface area contributed by atoms with Crippen LogP contribution >= 0.6 is 11.8 Å². The summed E-state index contributed by atoms with van der Waals surface area (Å²) >= 11 is 1.24. The van der Waals surface area contributed by atoms with Crippen molar-refractivity contribution in [2.24, 2.45) is 0 Å². The first-order valence-electron chi connectivity index (χ1n) is 7.05. The summed E-state index contributed by atoms with van der Waals surface area (Å²) in [5, 5.41) is 3.13. The Morgan fingerprint density at radius 2 is 1.91 bits per heavy atom. The number of benzene rings is 1. The van der Waals surface area contributed by atoms with Gasteiger partial charge in [-0.1, -0.05) is 17.7 Å². The number of carbonyl (C=O) groups excluding carboxylic acids is 2. The van der Waals surface area contributed by atoms with E-state index in [-0.39, 0.29) is 28.5 Å². The van der Waals surface area contributed by atoms with Crippen molar-refractivity contribution >= 4 is 29.0 Å². The van der Waals surface area contributed by atoms with Crippen LogP contribution in [0.2, 0.25) is 0 Å². The van der Waals surface area contributed by atoms with E-state index in [1.807, 2.05) is 32.0 Å². The molecule has 1 aliphatic rings. The van der Waals surface area contributed by atoms with Crippen molar-refractivity contribution in [3.05, 3.63) is 63.7 Å². The summed E-state index contributed by atoms with van der Waals surface area (Å²) in [7, 11) is 0. The molecule has 2 aromatic rings. The zero-order valence-corrected chi connectivity index (χ0v) is 13.8. The van der Waals surface area contributed by atoms with Crippen LogP contribution in [0.25, 0.3) is 0 Å². The molecule has 0 fully saturated rings. The molecule has 0 amide bonds. The molecule has 23 heavy (non-hydrogen) atoms. The second kappa shape index (κ2) is 5.96. The average Bonchev–Trinajstić information content (AvgIpc) is 2.55. The number of allylic oxidation sites excluding steroid dienone is 2. The summed E-state index contributed by atoms with van der Waals surface area (Å²) in [6, 6.07) is 5.89. The first-order valence-corrected chi connectivity index (χ1v) is 8.27. The fraction of sp³-hybridized carbons (Fsp3) is 0.176. The molecule has 0 spiro atoms. The Bertz CT molecular complexity index is 859. The van der Waals surface area contributed by atoms with Gasteiger partial charge in [-0.2, -0.15) is 0 Å². The summed E-state index contributed by atoms with van der Waals surface area (Å²) in [6.45, 7) is 3.97. The van der Waals surface area contributed by atoms with E-state index in [2.05, 4.69) is 15.3 Å². The van der Waals surface area contributed by atoms with E-state index < -0.39 is 0 Å². The van der Waals surface area contributed by atoms with Crippen LogP contribution in [0.1, 0.15) is 32.0 Å². The summed E-state index contributed by atoms with van der Waals surface area (Å²) in [5.74, 6) is -0.508. The van der Waals surface area contributed by atoms with Crippen molar-refractivity contribution in [1.29, 1.82) is 0 Å². The number of ketones is 2. The summed E-state index contributed by atoms with van der Waals surface area (Å²) in [5.41, 5.74) is 3.64. The average molecular weight is 325 g/mol. The Morgan fingerprint density at radius 3 is 2.61 bits per heavy atom. The van der Waals surface area contributed by atoms with E-state index in [0.717, 1.165) is 16.8 Å². The molecule has 1 aliphatic carbocycles. The number of nitrogens with one attached hydrogen (secondary N) is 1. The Morgan fingerprint density at radius 1 is 1.13 bits per heavy atom. The fourth-order valence-corrected chi connectivity index (χ4v) is 3.16. The zero-order valence-electron chi connectivity index (χ0n) is 13.0. The third-order valence-electron chi connectivity index (χ3n) is 3.68. The van der Waals surface area contributed by atoms with Crippen LogP contribution in [0.15, 0.2) is 41.3 Å². The molecule has 0 aliphatic heterocycles. The van der Waals surface area contributed by atoms with Gasteiger partial charge in [0.2, 0.25) is 11.6 Å². The minimum absolute atomic E-state index is 0.167. The number of hydrogen-bond acceptors (Lipinski definition) is 6. The molecule has 0 atom stereocenters. The van der Waals surface area contributed by atoms with Crippen LogP contribution < -0.4 is 5.32 Å². The van der Waals surface area contributed by atoms with E-state index in [1.54, 1.807) is 6.26 Å². The van der Waals surface area contributed by atoms with Gasteiger partial charge in [0.1, 0.15) is 17.7 Å². The largest absolute Gasteiger partial charge is 0.351 e. The summed E-state index contributed by atoms with van der Waals surface area (Å²) in [6.07, 6.45) is 4.45. The molecule has 5 nitrogen and oxygen atoms in total. The molecule has 0 bridgehead atoms. The topological polar surface area (TPSA) is 72.0 Å². The molecule has 0 unspecified atom stereocenters. The number of hydrogen-bond donors (Lipinski definition) is 1. The minimum Gasteiger partial charge on any atom is -0.351 e. The van der Waals surface area contributed by atoms with Gasteiger partial charge >= 0.3 is 0 Å². The highest BCUT2D eigenvalue weighted by atomic mass is 32.2. The molecule has 0 saturated heterocycles. The number of nitrogens with zero attached hydrogens (tertiary/aromatic N) is 2. The van der Waals surface area contributed by atoms with Gasteiger partial charge in [0.25, 0.3) is 0 Å². The molecule has 116 valence electrons. The van der Waals surface area contributed by atoms with Gasteiger partial charge in [-0.3, -0.25) is 9.59 Å². The van der Waals surface area contributed by atoms with Crippen molar-refractivity contribution in [3.63, 3.8) is 0 Å². The minimum atomic E-state index is -0.260. The number of rotatable bonds is 3. The van der Waals surface area contributed by atoms with Crippen LogP contribution in [-0.2, 0) is 0 Å². The van der Waals surface area contributed by atoms with E-state index in [1.165, 1.54) is 24.3 Å². The van der Waals surface area contributed by atoms with E-state index in [0.29, 0.717) is 4.91 Å². The molecule has 1 heterocycles. The van der Waals surface area contributed by atoms with Crippen molar-refractivity contribution in [1.82, 2.24) is 9.97 Å². The van der Waals surface area contributed by atoms with Gasteiger partial charge in [-0.15, -0.1) is 11.8 Å². The number of carbonyl (C=O) groups is 2. The predicted molar refractivity (Wildman–Crippen MR) is 90.8 cm³/mol. The van der Waals surface area contributed by atoms with Crippen molar-refractivity contribution in [3.8, 4) is 0 Å². The third-order valence-corrected chi connectivity index (χ3v) is 4.48. The lowest BCUT2D eigenvalue weighted by Crippen LogP contribution is -2.26. The highest BCUT2D eigenvalue weighted by Gasteiger charge is 2.33. The smallest absolute Gasteiger partial charge is 0.220 e. The van der Waals surface area contributed by atoms with Gasteiger partial charge in [0.15, 0.2) is 0 Å². The summed E-state index contributed by atoms with van der Waals surface area (Å²) < 4.78 is 0. The van der Waals surface area contributed by atoms with E-state index in [9.17, 15) is 9.59 Å². The van der Waals surface area contributed by atoms with Gasteiger partial charge in [-0.05, 0) is 31.7 Å². The first kappa shape index (κ1) is 15.4. The molecule has 0 radical (unpaired) electrons. The van der Waals surface area contributed by atoms with E-state index >= 15 is 0 Å². The van der Waals surface area contributed by atoms with Crippen LogP contribution in [0.5, 0.6) is 0 Å². The lowest BCUT2D eigenvalue weighted by atomic mass is 9.97. The zero-order chi connectivity index (χ0) is 16.6. The molecule has 1 aromatic carbocycles. The maximum Gasteiger partial charge on any atom is 0.220 e. The highest BCUT2D eigenvalue weighted by molar-refractivity contribution is 8.03. The van der Waals surface area contributed by atoms with Crippen molar-refractivity contribution < 1.29 is 9.59 Å². The maximum absolute atomic E-state index is 12.7. The number of aryl methyl sites for hydroxylation is 2. The second-order valence-corrected chi connectivity index (χ2v) is 6.11. The normalized spacial score (nSPS) is 14.0.